The van der Waals surface area contributed by atoms with E-state index in [1.54, 1.807) is 0 Å². The van der Waals surface area contributed by atoms with Gasteiger partial charge in [0.15, 0.2) is 18.5 Å². The van der Waals surface area contributed by atoms with Crippen molar-refractivity contribution in [3.8, 4) is 23.0 Å². The lowest BCUT2D eigenvalue weighted by Crippen LogP contribution is -2.59. The maximum absolute atomic E-state index is 13.3. The Hall–Kier alpha value is -2.89. The molecular weight excluding hydrogens is 412 g/mol. The summed E-state index contributed by atoms with van der Waals surface area (Å²) in [6, 6.07) is 7.90. The van der Waals surface area contributed by atoms with Crippen LogP contribution in [-0.4, -0.2) is 73.2 Å². The lowest BCUT2D eigenvalue weighted by molar-refractivity contribution is -0.304. The number of carbonyl (C=O) groups is 1. The van der Waals surface area contributed by atoms with E-state index in [9.17, 15) is 35.4 Å². The van der Waals surface area contributed by atoms with E-state index in [-0.39, 0.29) is 22.8 Å². The van der Waals surface area contributed by atoms with Gasteiger partial charge in [0, 0.05) is 12.1 Å². The number of aliphatic hydroxyl groups is 3. The van der Waals surface area contributed by atoms with Gasteiger partial charge in [0.05, 0.1) is 6.10 Å². The summed E-state index contributed by atoms with van der Waals surface area (Å²) >= 11 is 0. The number of phenols is 3. The van der Waals surface area contributed by atoms with Crippen LogP contribution in [0, 0.1) is 0 Å². The van der Waals surface area contributed by atoms with Gasteiger partial charge < -0.3 is 44.8 Å². The highest BCUT2D eigenvalue weighted by atomic mass is 16.7. The molecule has 0 amide bonds. The first-order chi connectivity index (χ1) is 14.7. The summed E-state index contributed by atoms with van der Waals surface area (Å²) in [5.41, 5.74) is 0.195. The van der Waals surface area contributed by atoms with Crippen LogP contribution in [-0.2, 0) is 9.47 Å². The minimum atomic E-state index is -1.66. The second kappa shape index (κ2) is 7.98. The molecule has 0 saturated carbocycles. The first-order valence-electron chi connectivity index (χ1n) is 9.58. The maximum Gasteiger partial charge on any atom is 0.203 e. The summed E-state index contributed by atoms with van der Waals surface area (Å²) in [6.45, 7) is 1.47. The Bertz CT molecular complexity index is 975. The number of hydrogen-bond donors (Lipinski definition) is 6. The number of Topliss-reactive ketones (excluding diaryl/α,β-unsaturated/α-hetero) is 1. The largest absolute Gasteiger partial charge is 0.508 e. The molecular formula is C21H22O10. The number of aromatic hydroxyl groups is 3. The number of aliphatic hydroxyl groups excluding tert-OH is 3. The highest BCUT2D eigenvalue weighted by Gasteiger charge is 2.48. The van der Waals surface area contributed by atoms with E-state index in [1.807, 2.05) is 0 Å². The number of rotatable bonds is 3. The van der Waals surface area contributed by atoms with Crippen molar-refractivity contribution >= 4 is 5.78 Å². The maximum atomic E-state index is 13.3. The molecule has 6 N–H and O–H groups in total. The summed E-state index contributed by atoms with van der Waals surface area (Å²) in [7, 11) is 0. The van der Waals surface area contributed by atoms with Gasteiger partial charge in [0.2, 0.25) is 5.78 Å². The molecule has 2 unspecified atom stereocenters. The second-order valence-corrected chi connectivity index (χ2v) is 7.57. The van der Waals surface area contributed by atoms with Crippen LogP contribution >= 0.6 is 0 Å². The molecule has 2 aromatic rings. The van der Waals surface area contributed by atoms with Crippen molar-refractivity contribution in [2.75, 3.05) is 0 Å². The van der Waals surface area contributed by atoms with Crippen LogP contribution in [0.3, 0.4) is 0 Å². The average Bonchev–Trinajstić information content (AvgIpc) is 2.72. The predicted molar refractivity (Wildman–Crippen MR) is 103 cm³/mol. The van der Waals surface area contributed by atoms with Crippen molar-refractivity contribution in [2.45, 2.75) is 49.8 Å². The number of hydrogen-bond acceptors (Lipinski definition) is 10. The highest BCUT2D eigenvalue weighted by Crippen LogP contribution is 2.43. The fourth-order valence-electron chi connectivity index (χ4n) is 3.72. The van der Waals surface area contributed by atoms with Crippen molar-refractivity contribution in [1.82, 2.24) is 0 Å². The smallest absolute Gasteiger partial charge is 0.203 e. The lowest BCUT2D eigenvalue weighted by Gasteiger charge is -2.42. The van der Waals surface area contributed by atoms with E-state index < -0.39 is 54.4 Å². The van der Waals surface area contributed by atoms with Gasteiger partial charge in [0.1, 0.15) is 46.9 Å². The van der Waals surface area contributed by atoms with Crippen LogP contribution in [0.25, 0.3) is 0 Å². The molecule has 10 nitrogen and oxygen atoms in total. The Labute approximate surface area is 176 Å². The summed E-state index contributed by atoms with van der Waals surface area (Å²) in [4.78, 5) is 13.3. The van der Waals surface area contributed by atoms with E-state index in [0.717, 1.165) is 6.07 Å². The van der Waals surface area contributed by atoms with Gasteiger partial charge in [-0.05, 0) is 24.6 Å². The zero-order chi connectivity index (χ0) is 22.4. The van der Waals surface area contributed by atoms with Gasteiger partial charge in [-0.2, -0.15) is 0 Å². The Morgan fingerprint density at radius 1 is 0.903 bits per heavy atom. The SMILES string of the molecule is C[C@H]1O[C@H](OC2C(=O)c3c(O)cc(O)cc3OC2c2ccc(O)cc2)[C@@H](O)[C@@H](O)[C@H]1O. The third-order valence-corrected chi connectivity index (χ3v) is 5.41. The monoisotopic (exact) mass is 434 g/mol. The topological polar surface area (TPSA) is 166 Å². The third kappa shape index (κ3) is 3.80. The standard InChI is InChI=1S/C21H22O10/c1-8-15(25)17(27)18(28)21(29-8)31-20-16(26)14-12(24)6-11(23)7-13(14)30-19(20)9-2-4-10(22)5-3-9/h2-8,15,17-25,27-28H,1H3/t8-,15+,17+,18+,19?,20?,21-/m1/s1. The van der Waals surface area contributed by atoms with E-state index in [2.05, 4.69) is 0 Å². The van der Waals surface area contributed by atoms with E-state index in [0.29, 0.717) is 5.56 Å². The Balaban J connectivity index is 1.73. The number of ether oxygens (including phenoxy) is 3. The number of benzene rings is 2. The first kappa shape index (κ1) is 21.3. The second-order valence-electron chi connectivity index (χ2n) is 7.57. The fraction of sp³-hybridized carbons (Fsp3) is 0.381. The molecule has 0 bridgehead atoms. The van der Waals surface area contributed by atoms with Gasteiger partial charge in [0.25, 0.3) is 0 Å². The number of ketones is 1. The molecule has 31 heavy (non-hydrogen) atoms. The summed E-state index contributed by atoms with van der Waals surface area (Å²) in [5, 5.41) is 59.8. The van der Waals surface area contributed by atoms with Crippen molar-refractivity contribution in [2.24, 2.45) is 0 Å². The Kier molecular flexibility index (Phi) is 5.50. The molecule has 2 aromatic carbocycles. The van der Waals surface area contributed by atoms with Gasteiger partial charge in [-0.3, -0.25) is 4.79 Å². The molecule has 1 saturated heterocycles. The quantitative estimate of drug-likeness (QED) is 0.396. The minimum Gasteiger partial charge on any atom is -0.508 e. The molecule has 0 aliphatic carbocycles. The van der Waals surface area contributed by atoms with Gasteiger partial charge >= 0.3 is 0 Å². The molecule has 0 aromatic heterocycles. The predicted octanol–water partition coefficient (Wildman–Crippen LogP) is 0.332. The molecule has 10 heteroatoms. The van der Waals surface area contributed by atoms with Crippen LogP contribution in [0.4, 0.5) is 0 Å². The average molecular weight is 434 g/mol. The van der Waals surface area contributed by atoms with Crippen LogP contribution in [0.2, 0.25) is 0 Å². The fourth-order valence-corrected chi connectivity index (χ4v) is 3.72. The first-order valence-corrected chi connectivity index (χ1v) is 9.58. The summed E-state index contributed by atoms with van der Waals surface area (Å²) in [5.74, 6) is -1.64. The van der Waals surface area contributed by atoms with Gasteiger partial charge in [-0.1, -0.05) is 12.1 Å². The van der Waals surface area contributed by atoms with Crippen molar-refractivity contribution in [3.05, 3.63) is 47.5 Å². The number of phenolic OH excluding ortho intramolecular Hbond substituents is 3. The van der Waals surface area contributed by atoms with E-state index >= 15 is 0 Å². The summed E-state index contributed by atoms with van der Waals surface area (Å²) < 4.78 is 17.0. The zero-order valence-electron chi connectivity index (χ0n) is 16.3. The van der Waals surface area contributed by atoms with Crippen LogP contribution in [0.1, 0.15) is 28.9 Å². The molecule has 1 fully saturated rings. The Morgan fingerprint density at radius 2 is 1.58 bits per heavy atom. The molecule has 0 radical (unpaired) electrons. The highest BCUT2D eigenvalue weighted by molar-refractivity contribution is 6.05. The van der Waals surface area contributed by atoms with E-state index in [1.165, 1.54) is 37.3 Å². The Morgan fingerprint density at radius 3 is 2.26 bits per heavy atom. The normalized spacial score (nSPS) is 32.9. The third-order valence-electron chi connectivity index (χ3n) is 5.41. The summed E-state index contributed by atoms with van der Waals surface area (Å²) in [6.07, 6.45) is -9.49. The van der Waals surface area contributed by atoms with Crippen LogP contribution in [0.5, 0.6) is 23.0 Å². The van der Waals surface area contributed by atoms with Gasteiger partial charge in [-0.15, -0.1) is 0 Å². The number of fused-ring (bicyclic) bond motifs is 1. The lowest BCUT2D eigenvalue weighted by atomic mass is 9.92. The van der Waals surface area contributed by atoms with Crippen molar-refractivity contribution in [3.63, 3.8) is 0 Å². The minimum absolute atomic E-state index is 0.0176. The molecule has 2 aliphatic rings. The molecule has 166 valence electrons. The molecule has 2 heterocycles. The number of carbonyl (C=O) groups excluding carboxylic acids is 1. The van der Waals surface area contributed by atoms with Crippen molar-refractivity contribution in [1.29, 1.82) is 0 Å². The molecule has 0 spiro atoms. The molecule has 2 aliphatic heterocycles. The zero-order valence-corrected chi connectivity index (χ0v) is 16.3. The molecule has 7 atom stereocenters. The molecule has 4 rings (SSSR count). The van der Waals surface area contributed by atoms with Crippen LogP contribution < -0.4 is 4.74 Å². The van der Waals surface area contributed by atoms with Crippen LogP contribution in [0.15, 0.2) is 36.4 Å². The van der Waals surface area contributed by atoms with Gasteiger partial charge in [-0.25, -0.2) is 0 Å². The van der Waals surface area contributed by atoms with E-state index in [4.69, 9.17) is 14.2 Å². The van der Waals surface area contributed by atoms with Crippen molar-refractivity contribution < 1.29 is 49.6 Å².